The van der Waals surface area contributed by atoms with Crippen LogP contribution in [0.1, 0.15) is 24.2 Å². The summed E-state index contributed by atoms with van der Waals surface area (Å²) < 4.78 is 170. The predicted molar refractivity (Wildman–Crippen MR) is 71.6 cm³/mol. The lowest BCUT2D eigenvalue weighted by Crippen LogP contribution is -2.70. The van der Waals surface area contributed by atoms with E-state index < -0.39 is 47.5 Å². The van der Waals surface area contributed by atoms with E-state index in [2.05, 4.69) is 0 Å². The molecule has 1 N–H and O–H groups in total. The fourth-order valence-corrected chi connectivity index (χ4v) is 2.27. The zero-order valence-corrected chi connectivity index (χ0v) is 14.0. The van der Waals surface area contributed by atoms with Gasteiger partial charge in [0.05, 0.1) is 0 Å². The Balaban J connectivity index is 3.57. The van der Waals surface area contributed by atoms with E-state index in [1.807, 2.05) is 0 Å². The Morgan fingerprint density at radius 1 is 0.690 bits per heavy atom. The van der Waals surface area contributed by atoms with Crippen molar-refractivity contribution >= 4 is 0 Å². The normalized spacial score (nSPS) is 16.1. The molecule has 0 fully saturated rings. The van der Waals surface area contributed by atoms with Crippen molar-refractivity contribution in [3.63, 3.8) is 0 Å². The van der Waals surface area contributed by atoms with E-state index >= 15 is 0 Å². The molecule has 168 valence electrons. The second kappa shape index (κ2) is 7.20. The lowest BCUT2D eigenvalue weighted by Gasteiger charge is -2.41. The monoisotopic (exact) mass is 454 g/mol. The Labute approximate surface area is 154 Å². The highest BCUT2D eigenvalue weighted by molar-refractivity contribution is 5.31. The summed E-state index contributed by atoms with van der Waals surface area (Å²) in [5.74, 6) is -37.8. The van der Waals surface area contributed by atoms with Crippen LogP contribution in [0.2, 0.25) is 0 Å². The zero-order valence-electron chi connectivity index (χ0n) is 14.0. The summed E-state index contributed by atoms with van der Waals surface area (Å²) in [5.41, 5.74) is -1.47. The summed E-state index contributed by atoms with van der Waals surface area (Å²) in [5, 5.41) is 9.47. The van der Waals surface area contributed by atoms with Crippen molar-refractivity contribution in [2.24, 2.45) is 0 Å². The maximum absolute atomic E-state index is 14.0. The summed E-state index contributed by atoms with van der Waals surface area (Å²) in [7, 11) is 0. The van der Waals surface area contributed by atoms with Crippen LogP contribution in [0.15, 0.2) is 24.3 Å². The molecule has 1 atom stereocenters. The highest BCUT2D eigenvalue weighted by Crippen LogP contribution is 2.61. The molecule has 0 amide bonds. The number of aryl methyl sites for hydroxylation is 1. The van der Waals surface area contributed by atoms with E-state index in [0.29, 0.717) is 6.07 Å². The van der Waals surface area contributed by atoms with Crippen molar-refractivity contribution in [2.75, 3.05) is 0 Å². The van der Waals surface area contributed by atoms with Crippen molar-refractivity contribution in [2.45, 2.75) is 55.2 Å². The van der Waals surface area contributed by atoms with E-state index in [0.717, 1.165) is 18.2 Å². The van der Waals surface area contributed by atoms with Gasteiger partial charge in [-0.1, -0.05) is 31.2 Å². The number of benzene rings is 1. The van der Waals surface area contributed by atoms with E-state index in [1.165, 1.54) is 6.92 Å². The van der Waals surface area contributed by atoms with Crippen LogP contribution < -0.4 is 0 Å². The van der Waals surface area contributed by atoms with Crippen LogP contribution in [-0.4, -0.2) is 40.9 Å². The molecule has 0 aliphatic carbocycles. The fraction of sp³-hybridized carbons (Fsp3) is 0.600. The van der Waals surface area contributed by atoms with Gasteiger partial charge in [0.1, 0.15) is 6.10 Å². The third-order valence-electron chi connectivity index (χ3n) is 4.03. The van der Waals surface area contributed by atoms with Crippen LogP contribution in [0, 0.1) is 0 Å². The Bertz CT molecular complexity index is 723. The Hall–Kier alpha value is -1.73. The van der Waals surface area contributed by atoms with Gasteiger partial charge in [0.15, 0.2) is 0 Å². The molecule has 1 aromatic carbocycles. The molecule has 0 aliphatic rings. The summed E-state index contributed by atoms with van der Waals surface area (Å²) in [4.78, 5) is 0. The van der Waals surface area contributed by atoms with Crippen molar-refractivity contribution in [1.82, 2.24) is 0 Å². The third-order valence-corrected chi connectivity index (χ3v) is 4.03. The summed E-state index contributed by atoms with van der Waals surface area (Å²) in [6.45, 7) is 1.24. The van der Waals surface area contributed by atoms with E-state index in [-0.39, 0.29) is 12.0 Å². The van der Waals surface area contributed by atoms with Gasteiger partial charge in [-0.3, -0.25) is 0 Å². The predicted octanol–water partition coefficient (Wildman–Crippen LogP) is 6.02. The molecule has 14 heteroatoms. The van der Waals surface area contributed by atoms with Crippen molar-refractivity contribution in [3.05, 3.63) is 35.4 Å². The largest absolute Gasteiger partial charge is 0.460 e. The Morgan fingerprint density at radius 2 is 1.10 bits per heavy atom. The number of alkyl halides is 13. The van der Waals surface area contributed by atoms with E-state index in [1.54, 1.807) is 0 Å². The van der Waals surface area contributed by atoms with Crippen LogP contribution in [0.3, 0.4) is 0 Å². The number of halogens is 13. The van der Waals surface area contributed by atoms with Gasteiger partial charge in [0.2, 0.25) is 0 Å². The summed E-state index contributed by atoms with van der Waals surface area (Å²) in [6, 6.07) is 3.53. The van der Waals surface area contributed by atoms with Gasteiger partial charge < -0.3 is 5.11 Å². The molecule has 0 spiro atoms. The minimum absolute atomic E-state index is 0.242. The molecule has 1 nitrogen and oxygen atoms in total. The standard InChI is InChI=1S/C15H11F13O/c1-2-7-5-3-4-6-8(7)9(29)10(16,17)11(18,19)12(20,21)13(22,23)14(24,25)15(26,27)28/h3-6,9,29H,2H2,1H3. The molecule has 29 heavy (non-hydrogen) atoms. The number of rotatable bonds is 7. The van der Waals surface area contributed by atoms with Crippen LogP contribution in [-0.2, 0) is 6.42 Å². The molecule has 0 heterocycles. The maximum Gasteiger partial charge on any atom is 0.460 e. The average Bonchev–Trinajstić information content (AvgIpc) is 2.59. The number of hydrogen-bond acceptors (Lipinski definition) is 1. The second-order valence-corrected chi connectivity index (χ2v) is 5.87. The molecule has 1 aromatic rings. The molecule has 0 radical (unpaired) electrons. The molecular formula is C15H11F13O. The van der Waals surface area contributed by atoms with Gasteiger partial charge in [-0.05, 0) is 17.5 Å². The quantitative estimate of drug-likeness (QED) is 0.500. The lowest BCUT2D eigenvalue weighted by atomic mass is 9.87. The van der Waals surface area contributed by atoms with E-state index in [9.17, 15) is 62.2 Å². The molecule has 0 bridgehead atoms. The fourth-order valence-electron chi connectivity index (χ4n) is 2.27. The minimum atomic E-state index is -7.99. The van der Waals surface area contributed by atoms with Crippen molar-refractivity contribution in [1.29, 1.82) is 0 Å². The van der Waals surface area contributed by atoms with Crippen molar-refractivity contribution in [3.8, 4) is 0 Å². The summed E-state index contributed by atoms with van der Waals surface area (Å²) in [6.07, 6.45) is -11.7. The Kier molecular flexibility index (Phi) is 6.28. The minimum Gasteiger partial charge on any atom is -0.382 e. The van der Waals surface area contributed by atoms with Crippen LogP contribution in [0.4, 0.5) is 57.1 Å². The second-order valence-electron chi connectivity index (χ2n) is 5.87. The van der Waals surface area contributed by atoms with Gasteiger partial charge >= 0.3 is 35.8 Å². The highest BCUT2D eigenvalue weighted by Gasteiger charge is 2.91. The first-order chi connectivity index (χ1) is 12.7. The van der Waals surface area contributed by atoms with Crippen LogP contribution in [0.5, 0.6) is 0 Å². The first-order valence-electron chi connectivity index (χ1n) is 7.43. The molecule has 0 saturated heterocycles. The number of aliphatic hydroxyl groups excluding tert-OH is 1. The van der Waals surface area contributed by atoms with Gasteiger partial charge in [-0.25, -0.2) is 0 Å². The molecule has 1 rings (SSSR count). The zero-order chi connectivity index (χ0) is 23.3. The van der Waals surface area contributed by atoms with Gasteiger partial charge in [0.25, 0.3) is 0 Å². The highest BCUT2D eigenvalue weighted by atomic mass is 19.4. The smallest absolute Gasteiger partial charge is 0.382 e. The SMILES string of the molecule is CCc1ccccc1C(O)C(F)(F)C(F)(F)C(F)(F)C(F)(F)C(F)(F)C(F)(F)F. The topological polar surface area (TPSA) is 20.2 Å². The average molecular weight is 454 g/mol. The third kappa shape index (κ3) is 3.52. The van der Waals surface area contributed by atoms with Gasteiger partial charge in [-0.15, -0.1) is 0 Å². The number of aliphatic hydroxyl groups is 1. The van der Waals surface area contributed by atoms with E-state index in [4.69, 9.17) is 0 Å². The first-order valence-corrected chi connectivity index (χ1v) is 7.43. The Morgan fingerprint density at radius 3 is 1.52 bits per heavy atom. The van der Waals surface area contributed by atoms with Crippen LogP contribution in [0.25, 0.3) is 0 Å². The molecule has 1 unspecified atom stereocenters. The molecular weight excluding hydrogens is 443 g/mol. The maximum atomic E-state index is 14.0. The summed E-state index contributed by atoms with van der Waals surface area (Å²) >= 11 is 0. The van der Waals surface area contributed by atoms with Crippen molar-refractivity contribution < 1.29 is 62.2 Å². The first kappa shape index (κ1) is 25.3. The lowest BCUT2D eigenvalue weighted by molar-refractivity contribution is -0.444. The van der Waals surface area contributed by atoms with Crippen LogP contribution >= 0.6 is 0 Å². The van der Waals surface area contributed by atoms with Gasteiger partial charge in [-0.2, -0.15) is 57.1 Å². The molecule has 0 aliphatic heterocycles. The van der Waals surface area contributed by atoms with Gasteiger partial charge in [0, 0.05) is 0 Å². The number of hydrogen-bond donors (Lipinski definition) is 1. The molecule has 0 aromatic heterocycles. The molecule has 0 saturated carbocycles.